The second-order valence-electron chi connectivity index (χ2n) is 10.7. The highest BCUT2D eigenvalue weighted by Crippen LogP contribution is 2.37. The van der Waals surface area contributed by atoms with E-state index in [0.29, 0.717) is 37.2 Å². The molecule has 2 saturated heterocycles. The van der Waals surface area contributed by atoms with Crippen LogP contribution in [0.25, 0.3) is 0 Å². The molecule has 0 N–H and O–H groups in total. The van der Waals surface area contributed by atoms with Gasteiger partial charge in [0.15, 0.2) is 5.25 Å². The Hall–Kier alpha value is -1.90. The molecule has 2 aromatic carbocycles. The van der Waals surface area contributed by atoms with Gasteiger partial charge >= 0.3 is 16.2 Å². The van der Waals surface area contributed by atoms with Crippen molar-refractivity contribution >= 4 is 10.0 Å². The van der Waals surface area contributed by atoms with Crippen LogP contribution in [0.3, 0.4) is 0 Å². The third-order valence-electron chi connectivity index (χ3n) is 7.84. The first-order chi connectivity index (χ1) is 15.9. The van der Waals surface area contributed by atoms with Gasteiger partial charge < -0.3 is 0 Å². The Morgan fingerprint density at radius 2 is 1.71 bits per heavy atom. The highest BCUT2D eigenvalue weighted by atomic mass is 32.2. The van der Waals surface area contributed by atoms with Crippen molar-refractivity contribution in [2.75, 3.05) is 33.2 Å². The van der Waals surface area contributed by atoms with Gasteiger partial charge in [-0.15, -0.1) is 0 Å². The summed E-state index contributed by atoms with van der Waals surface area (Å²) in [6.07, 6.45) is -1.13. The fourth-order valence-electron chi connectivity index (χ4n) is 5.97. The second kappa shape index (κ2) is 8.35. The van der Waals surface area contributed by atoms with Crippen molar-refractivity contribution in [3.63, 3.8) is 0 Å². The van der Waals surface area contributed by atoms with E-state index < -0.39 is 21.8 Å². The van der Waals surface area contributed by atoms with E-state index >= 15 is 0 Å². The van der Waals surface area contributed by atoms with E-state index in [0.717, 1.165) is 37.9 Å². The van der Waals surface area contributed by atoms with Crippen molar-refractivity contribution in [1.29, 1.82) is 0 Å². The number of benzene rings is 2. The van der Waals surface area contributed by atoms with Gasteiger partial charge in [0.05, 0.1) is 19.2 Å². The lowest BCUT2D eigenvalue weighted by atomic mass is 9.97. The molecule has 5 rings (SSSR count). The van der Waals surface area contributed by atoms with Gasteiger partial charge in [-0.2, -0.15) is 21.6 Å². The fourth-order valence-corrected chi connectivity index (χ4v) is 7.95. The van der Waals surface area contributed by atoms with E-state index in [9.17, 15) is 21.6 Å². The van der Waals surface area contributed by atoms with Crippen LogP contribution < -0.4 is 0 Å². The van der Waals surface area contributed by atoms with Crippen LogP contribution in [0.15, 0.2) is 36.4 Å². The van der Waals surface area contributed by atoms with Gasteiger partial charge in [-0.3, -0.25) is 4.90 Å². The molecule has 2 aliphatic heterocycles. The first-order valence-electron chi connectivity index (χ1n) is 12.0. The maximum Gasteiger partial charge on any atom is 0.416 e. The number of nitrogens with zero attached hydrogens (tertiary/aromatic N) is 2. The lowest BCUT2D eigenvalue weighted by molar-refractivity contribution is -0.808. The van der Waals surface area contributed by atoms with E-state index in [1.807, 2.05) is 19.2 Å². The fraction of sp³-hybridized carbons (Fsp3) is 0.538. The van der Waals surface area contributed by atoms with Crippen LogP contribution in [-0.4, -0.2) is 55.7 Å². The van der Waals surface area contributed by atoms with Gasteiger partial charge in [0.2, 0.25) is 0 Å². The molecule has 34 heavy (non-hydrogen) atoms. The van der Waals surface area contributed by atoms with Crippen molar-refractivity contribution in [2.45, 2.75) is 50.6 Å². The number of halogens is 3. The number of likely N-dealkylation sites (tertiary alicyclic amines) is 1. The summed E-state index contributed by atoms with van der Waals surface area (Å²) in [5.41, 5.74) is 4.25. The molecule has 3 unspecified atom stereocenters. The van der Waals surface area contributed by atoms with Crippen LogP contribution in [0, 0.1) is 5.92 Å². The Bertz CT molecular complexity index is 1210. The van der Waals surface area contributed by atoms with Crippen molar-refractivity contribution in [3.8, 4) is 0 Å². The van der Waals surface area contributed by atoms with Crippen LogP contribution in [0.4, 0.5) is 13.2 Å². The van der Waals surface area contributed by atoms with Gasteiger partial charge in [0.25, 0.3) is 0 Å². The normalized spacial score (nSPS) is 28.3. The van der Waals surface area contributed by atoms with Crippen molar-refractivity contribution in [3.05, 3.63) is 69.8 Å². The van der Waals surface area contributed by atoms with Crippen LogP contribution in [0.5, 0.6) is 0 Å². The molecule has 2 aromatic rings. The van der Waals surface area contributed by atoms with Crippen LogP contribution in [0.2, 0.25) is 0 Å². The molecule has 0 aromatic heterocycles. The Labute approximate surface area is 200 Å². The number of hydrogen-bond donors (Lipinski definition) is 0. The zero-order valence-corrected chi connectivity index (χ0v) is 20.6. The minimum atomic E-state index is -4.36. The van der Waals surface area contributed by atoms with Crippen LogP contribution in [-0.2, 0) is 42.0 Å². The van der Waals surface area contributed by atoms with E-state index in [2.05, 4.69) is 17.0 Å². The molecule has 1 aliphatic carbocycles. The van der Waals surface area contributed by atoms with Gasteiger partial charge in [0, 0.05) is 12.5 Å². The summed E-state index contributed by atoms with van der Waals surface area (Å²) < 4.78 is 65.7. The number of hydrogen-bond acceptors (Lipinski definition) is 3. The molecule has 0 saturated carbocycles. The highest BCUT2D eigenvalue weighted by Gasteiger charge is 2.55. The molecule has 0 radical (unpaired) electrons. The summed E-state index contributed by atoms with van der Waals surface area (Å²) in [7, 11) is -1.29. The number of fused-ring (bicyclic) bond motifs is 1. The molecule has 184 valence electrons. The highest BCUT2D eigenvalue weighted by molar-refractivity contribution is 7.87. The van der Waals surface area contributed by atoms with Gasteiger partial charge in [0.1, 0.15) is 6.54 Å². The first kappa shape index (κ1) is 23.8. The predicted molar refractivity (Wildman–Crippen MR) is 126 cm³/mol. The summed E-state index contributed by atoms with van der Waals surface area (Å²) in [6.45, 7) is 5.49. The standard InChI is InChI=1S/C26H32F3N2O2S/c1-18-16-31(2,34(18,32)33)17-22-11-23-5-4-19(10-24(23)12-22)8-20-9-21(15-30-6-3-7-30)14-25(13-20)26(27,28)29/h4-5,9-10,13-14,18,22H,3,6-8,11-12,15-17H2,1-2H3/q+1. The van der Waals surface area contributed by atoms with Gasteiger partial charge in [-0.1, -0.05) is 24.3 Å². The monoisotopic (exact) mass is 493 g/mol. The smallest absolute Gasteiger partial charge is 0.299 e. The SMILES string of the molecule is CC1C[N+](C)(CC2Cc3ccc(Cc4cc(CN5CCC5)cc(C(F)(F)F)c4)cc3C2)S1(=O)=O. The Morgan fingerprint density at radius 1 is 1.00 bits per heavy atom. The Kier molecular flexibility index (Phi) is 5.85. The summed E-state index contributed by atoms with van der Waals surface area (Å²) in [6, 6.07) is 10.7. The lowest BCUT2D eigenvalue weighted by Crippen LogP contribution is -2.68. The molecule has 0 spiro atoms. The number of sulfonamides is 1. The molecular weight excluding hydrogens is 461 g/mol. The van der Waals surface area contributed by atoms with Gasteiger partial charge in [-0.05, 0) is 85.6 Å². The topological polar surface area (TPSA) is 37.4 Å². The average Bonchev–Trinajstić information content (AvgIpc) is 3.11. The maximum absolute atomic E-state index is 13.5. The Morgan fingerprint density at radius 3 is 2.32 bits per heavy atom. The molecule has 8 heteroatoms. The van der Waals surface area contributed by atoms with Crippen molar-refractivity contribution in [1.82, 2.24) is 4.90 Å². The van der Waals surface area contributed by atoms with E-state index in [-0.39, 0.29) is 15.1 Å². The first-order valence-corrected chi connectivity index (χ1v) is 13.5. The molecule has 3 atom stereocenters. The quantitative estimate of drug-likeness (QED) is 0.560. The minimum absolute atomic E-state index is 0.115. The molecule has 0 amide bonds. The minimum Gasteiger partial charge on any atom is -0.299 e. The lowest BCUT2D eigenvalue weighted by Gasteiger charge is -2.45. The molecule has 4 nitrogen and oxygen atoms in total. The molecular formula is C26H32F3N2O2S+. The number of alkyl halides is 3. The molecule has 3 aliphatic rings. The van der Waals surface area contributed by atoms with E-state index in [1.54, 1.807) is 6.92 Å². The number of quaternary nitrogens is 1. The second-order valence-corrected chi connectivity index (χ2v) is 13.4. The summed E-state index contributed by atoms with van der Waals surface area (Å²) >= 11 is 0. The molecule has 0 bridgehead atoms. The van der Waals surface area contributed by atoms with Crippen molar-refractivity contribution in [2.24, 2.45) is 5.92 Å². The number of rotatable bonds is 6. The van der Waals surface area contributed by atoms with Crippen LogP contribution in [0.1, 0.15) is 46.7 Å². The van der Waals surface area contributed by atoms with Crippen molar-refractivity contribution < 1.29 is 25.5 Å². The third-order valence-corrected chi connectivity index (χ3v) is 10.5. The van der Waals surface area contributed by atoms with E-state index in [1.165, 1.54) is 23.3 Å². The summed E-state index contributed by atoms with van der Waals surface area (Å²) in [5.74, 6) is 0.272. The summed E-state index contributed by atoms with van der Waals surface area (Å²) in [5, 5.41) is -0.272. The van der Waals surface area contributed by atoms with E-state index in [4.69, 9.17) is 0 Å². The Balaban J connectivity index is 1.31. The van der Waals surface area contributed by atoms with Gasteiger partial charge in [-0.25, -0.2) is 3.89 Å². The zero-order valence-electron chi connectivity index (χ0n) is 19.7. The molecule has 2 fully saturated rings. The predicted octanol–water partition coefficient (Wildman–Crippen LogP) is 4.40. The summed E-state index contributed by atoms with van der Waals surface area (Å²) in [4.78, 5) is 2.16. The maximum atomic E-state index is 13.5. The molecule has 2 heterocycles. The third kappa shape index (κ3) is 4.40. The largest absolute Gasteiger partial charge is 0.416 e. The average molecular weight is 494 g/mol. The van der Waals surface area contributed by atoms with Crippen LogP contribution >= 0.6 is 0 Å². The zero-order chi connectivity index (χ0) is 24.3.